The number of benzene rings is 8. The number of fused-ring (bicyclic) bond motifs is 11. The molecule has 8 aromatic carbocycles. The lowest BCUT2D eigenvalue weighted by atomic mass is 9.83. The van der Waals surface area contributed by atoms with Crippen molar-refractivity contribution in [1.29, 1.82) is 0 Å². The quantitative estimate of drug-likeness (QED) is 0.179. The Labute approximate surface area is 350 Å². The Balaban J connectivity index is 1.01. The Morgan fingerprint density at radius 2 is 1.10 bits per heavy atom. The van der Waals surface area contributed by atoms with Gasteiger partial charge in [0, 0.05) is 32.8 Å². The molecule has 0 saturated carbocycles. The van der Waals surface area contributed by atoms with Crippen LogP contribution in [0.4, 0.5) is 0 Å². The van der Waals surface area contributed by atoms with Crippen LogP contribution in [0.2, 0.25) is 0 Å². The first-order valence-electron chi connectivity index (χ1n) is 20.8. The number of rotatable bonds is 4. The first-order valence-corrected chi connectivity index (χ1v) is 20.8. The molecule has 0 radical (unpaired) electrons. The summed E-state index contributed by atoms with van der Waals surface area (Å²) in [7, 11) is 0. The van der Waals surface area contributed by atoms with Gasteiger partial charge in [0.15, 0.2) is 5.76 Å². The molecule has 0 saturated heterocycles. The predicted octanol–water partition coefficient (Wildman–Crippen LogP) is 13.3. The average Bonchev–Trinajstić information content (AvgIpc) is 4.02. The van der Waals surface area contributed by atoms with Gasteiger partial charge >= 0.3 is 0 Å². The van der Waals surface area contributed by atoms with E-state index in [2.05, 4.69) is 167 Å². The lowest BCUT2D eigenvalue weighted by molar-refractivity contribution is 0.556. The molecule has 6 heteroatoms. The molecule has 4 heterocycles. The second kappa shape index (κ2) is 13.2. The molecule has 2 atom stereocenters. The van der Waals surface area contributed by atoms with Gasteiger partial charge in [-0.1, -0.05) is 133 Å². The fraction of sp³-hybridized carbons (Fsp3) is 0.0364. The zero-order valence-corrected chi connectivity index (χ0v) is 32.9. The minimum absolute atomic E-state index is 0.212. The van der Waals surface area contributed by atoms with Gasteiger partial charge in [-0.05, 0) is 94.2 Å². The highest BCUT2D eigenvalue weighted by atomic mass is 16.4. The van der Waals surface area contributed by atoms with Gasteiger partial charge in [0.1, 0.15) is 0 Å². The summed E-state index contributed by atoms with van der Waals surface area (Å²) in [6, 6.07) is 66.5. The molecular weight excluding hydrogens is 747 g/mol. The summed E-state index contributed by atoms with van der Waals surface area (Å²) in [4.78, 5) is 16.1. The molecule has 11 aromatic rings. The number of hydrogen-bond acceptors (Lipinski definition) is 4. The highest BCUT2D eigenvalue weighted by Crippen LogP contribution is 2.42. The van der Waals surface area contributed by atoms with Crippen molar-refractivity contribution in [3.05, 3.63) is 211 Å². The van der Waals surface area contributed by atoms with Crippen LogP contribution in [0.5, 0.6) is 0 Å². The number of oxazole rings is 1. The molecule has 0 bridgehead atoms. The van der Waals surface area contributed by atoms with E-state index in [0.717, 1.165) is 56.0 Å². The third kappa shape index (κ3) is 5.19. The molecule has 2 unspecified atom stereocenters. The van der Waals surface area contributed by atoms with Crippen LogP contribution < -0.4 is 0 Å². The van der Waals surface area contributed by atoms with Crippen LogP contribution in [0.15, 0.2) is 209 Å². The molecule has 0 N–H and O–H groups in total. The summed E-state index contributed by atoms with van der Waals surface area (Å²) in [5.74, 6) is 1.79. The van der Waals surface area contributed by atoms with Crippen LogP contribution >= 0.6 is 0 Å². The second-order valence-corrected chi connectivity index (χ2v) is 15.9. The molecule has 0 spiro atoms. The van der Waals surface area contributed by atoms with Crippen LogP contribution in [-0.4, -0.2) is 31.8 Å². The Hall–Kier alpha value is -8.09. The predicted molar refractivity (Wildman–Crippen MR) is 250 cm³/mol. The van der Waals surface area contributed by atoms with Gasteiger partial charge < -0.3 is 8.98 Å². The van der Waals surface area contributed by atoms with Crippen LogP contribution in [-0.2, 0) is 0 Å². The third-order valence-corrected chi connectivity index (χ3v) is 12.5. The Kier molecular flexibility index (Phi) is 7.33. The molecule has 2 aliphatic rings. The fourth-order valence-corrected chi connectivity index (χ4v) is 9.75. The minimum Gasteiger partial charge on any atom is -0.436 e. The zero-order valence-electron chi connectivity index (χ0n) is 32.9. The van der Waals surface area contributed by atoms with E-state index in [1.807, 2.05) is 42.5 Å². The molecule has 13 rings (SSSR count). The number of hydrogen-bond donors (Lipinski definition) is 0. The van der Waals surface area contributed by atoms with E-state index in [0.29, 0.717) is 11.9 Å². The van der Waals surface area contributed by atoms with E-state index in [9.17, 15) is 0 Å². The van der Waals surface area contributed by atoms with Gasteiger partial charge in [0.25, 0.3) is 0 Å². The molecule has 1 aliphatic heterocycles. The Bertz CT molecular complexity index is 3650. The highest BCUT2D eigenvalue weighted by Gasteiger charge is 2.39. The molecule has 0 fully saturated rings. The van der Waals surface area contributed by atoms with Gasteiger partial charge in [-0.15, -0.1) is 0 Å². The summed E-state index contributed by atoms with van der Waals surface area (Å²) in [5.41, 5.74) is 11.7. The minimum atomic E-state index is -0.235. The van der Waals surface area contributed by atoms with Crippen LogP contribution in [0.1, 0.15) is 22.9 Å². The fourth-order valence-electron chi connectivity index (χ4n) is 9.75. The first-order chi connectivity index (χ1) is 30.2. The maximum atomic E-state index is 6.39. The van der Waals surface area contributed by atoms with Gasteiger partial charge in [-0.25, -0.2) is 15.0 Å². The summed E-state index contributed by atoms with van der Waals surface area (Å²) in [6.07, 6.45) is 4.18. The van der Waals surface area contributed by atoms with Crippen molar-refractivity contribution in [3.8, 4) is 28.3 Å². The molecular formula is C55H35N5O. The van der Waals surface area contributed by atoms with Crippen molar-refractivity contribution < 1.29 is 4.42 Å². The lowest BCUT2D eigenvalue weighted by Gasteiger charge is -2.29. The number of aliphatic imine (C=N–C) groups is 2. The molecule has 1 aliphatic carbocycles. The highest BCUT2D eigenvalue weighted by molar-refractivity contribution is 6.25. The van der Waals surface area contributed by atoms with Gasteiger partial charge in [-0.2, -0.15) is 0 Å². The Morgan fingerprint density at radius 1 is 0.475 bits per heavy atom. The topological polar surface area (TPSA) is 60.6 Å². The maximum Gasteiger partial charge on any atom is 0.230 e. The van der Waals surface area contributed by atoms with Gasteiger partial charge in [0.2, 0.25) is 11.9 Å². The first kappa shape index (κ1) is 33.8. The Morgan fingerprint density at radius 3 is 1.89 bits per heavy atom. The summed E-state index contributed by atoms with van der Waals surface area (Å²) < 4.78 is 11.0. The number of para-hydroxylation sites is 2. The molecule has 61 heavy (non-hydrogen) atoms. The van der Waals surface area contributed by atoms with Crippen LogP contribution in [0.3, 0.4) is 0 Å². The SMILES string of the molecule is C1=CC2N=C(n3c4ccc(-c5ccc6c(c5)c5ccccc5n6-c5ccccc5)cc4c4c5ccccc5ccc43)N=C(c3ccccc3)C2c2nc(-c3ccccc3)oc21. The van der Waals surface area contributed by atoms with Crippen molar-refractivity contribution in [3.63, 3.8) is 0 Å². The standard InChI is InChI=1S/C55H35N5O/c1-4-15-35(16-5-1)52-51-44(27-31-49-53(51)57-54(61-49)36-17-6-2-7-18-36)56-55(58-52)60-47-29-26-38(33-43(47)50-40-21-11-10-14-34(40)24-30-48(50)60)37-25-28-46-42(32-37)41-22-12-13-23-45(41)59(46)39-19-8-3-9-20-39/h1-33,44,51H. The normalized spacial score (nSPS) is 16.0. The van der Waals surface area contributed by atoms with Gasteiger partial charge in [-0.3, -0.25) is 4.57 Å². The lowest BCUT2D eigenvalue weighted by Crippen LogP contribution is -2.34. The number of aromatic nitrogens is 3. The molecule has 6 nitrogen and oxygen atoms in total. The van der Waals surface area contributed by atoms with E-state index >= 15 is 0 Å². The molecule has 286 valence electrons. The number of nitrogens with zero attached hydrogens (tertiary/aromatic N) is 5. The monoisotopic (exact) mass is 781 g/mol. The van der Waals surface area contributed by atoms with E-state index in [1.54, 1.807) is 0 Å². The van der Waals surface area contributed by atoms with Crippen molar-refractivity contribution in [2.75, 3.05) is 0 Å². The van der Waals surface area contributed by atoms with Crippen molar-refractivity contribution in [2.45, 2.75) is 12.0 Å². The smallest absolute Gasteiger partial charge is 0.230 e. The molecule has 3 aromatic heterocycles. The van der Waals surface area contributed by atoms with E-state index in [-0.39, 0.29) is 12.0 Å². The maximum absolute atomic E-state index is 6.39. The van der Waals surface area contributed by atoms with Crippen molar-refractivity contribution in [2.24, 2.45) is 9.98 Å². The summed E-state index contributed by atoms with van der Waals surface area (Å²) >= 11 is 0. The van der Waals surface area contributed by atoms with Gasteiger partial charge in [0.05, 0.1) is 45.4 Å². The van der Waals surface area contributed by atoms with Crippen LogP contribution in [0, 0.1) is 0 Å². The van der Waals surface area contributed by atoms with Crippen molar-refractivity contribution >= 4 is 72.1 Å². The summed E-state index contributed by atoms with van der Waals surface area (Å²) in [6.45, 7) is 0. The molecule has 0 amide bonds. The van der Waals surface area contributed by atoms with E-state index in [1.165, 1.54) is 43.5 Å². The van der Waals surface area contributed by atoms with E-state index < -0.39 is 0 Å². The largest absolute Gasteiger partial charge is 0.436 e. The van der Waals surface area contributed by atoms with Crippen molar-refractivity contribution in [1.82, 2.24) is 14.1 Å². The second-order valence-electron chi connectivity index (χ2n) is 15.9. The average molecular weight is 782 g/mol. The van der Waals surface area contributed by atoms with E-state index in [4.69, 9.17) is 19.4 Å². The summed E-state index contributed by atoms with van der Waals surface area (Å²) in [5, 5.41) is 7.19. The van der Waals surface area contributed by atoms with Crippen LogP contribution in [0.25, 0.3) is 88.7 Å². The zero-order chi connectivity index (χ0) is 40.0. The third-order valence-electron chi connectivity index (χ3n) is 12.5.